The zero-order valence-corrected chi connectivity index (χ0v) is 31.8. The van der Waals surface area contributed by atoms with Gasteiger partial charge in [0.05, 0.1) is 11.0 Å². The fraction of sp³-hybridized carbons (Fsp3) is 0. The Morgan fingerprint density at radius 1 is 0.293 bits per heavy atom. The molecule has 0 aliphatic heterocycles. The second-order valence-corrected chi connectivity index (χ2v) is 14.9. The molecule has 0 unspecified atom stereocenters. The lowest BCUT2D eigenvalue weighted by molar-refractivity contribution is 1.17. The Kier molecular flexibility index (Phi) is 8.19. The smallest absolute Gasteiger partial charge is 0.0541 e. The molecule has 0 spiro atoms. The summed E-state index contributed by atoms with van der Waals surface area (Å²) in [7, 11) is 0. The molecule has 58 heavy (non-hydrogen) atoms. The van der Waals surface area contributed by atoms with Crippen LogP contribution in [0.4, 0.5) is 17.1 Å². The van der Waals surface area contributed by atoms with Crippen molar-refractivity contribution in [2.75, 3.05) is 4.90 Å². The summed E-state index contributed by atoms with van der Waals surface area (Å²) in [5.41, 5.74) is 14.1. The van der Waals surface area contributed by atoms with E-state index in [0.29, 0.717) is 0 Å². The quantitative estimate of drug-likeness (QED) is 0.158. The molecule has 0 aliphatic carbocycles. The summed E-state index contributed by atoms with van der Waals surface area (Å²) < 4.78 is 2.38. The normalized spacial score (nSPS) is 11.4. The Labute approximate surface area is 338 Å². The van der Waals surface area contributed by atoms with Crippen molar-refractivity contribution < 1.29 is 0 Å². The van der Waals surface area contributed by atoms with Crippen molar-refractivity contribution in [2.24, 2.45) is 0 Å². The van der Waals surface area contributed by atoms with Gasteiger partial charge in [-0.25, -0.2) is 0 Å². The molecule has 0 atom stereocenters. The summed E-state index contributed by atoms with van der Waals surface area (Å²) in [5, 5.41) is 7.51. The third kappa shape index (κ3) is 5.74. The van der Waals surface area contributed by atoms with E-state index < -0.39 is 0 Å². The molecule has 2 nitrogen and oxygen atoms in total. The first kappa shape index (κ1) is 33.6. The van der Waals surface area contributed by atoms with E-state index in [9.17, 15) is 0 Å². The highest BCUT2D eigenvalue weighted by Gasteiger charge is 2.18. The van der Waals surface area contributed by atoms with E-state index in [4.69, 9.17) is 0 Å². The number of hydrogen-bond donors (Lipinski definition) is 0. The molecular formula is C56H38N2. The summed E-state index contributed by atoms with van der Waals surface area (Å²) in [5.74, 6) is 0. The lowest BCUT2D eigenvalue weighted by Gasteiger charge is -2.27. The molecule has 0 aliphatic rings. The van der Waals surface area contributed by atoms with Gasteiger partial charge < -0.3 is 9.47 Å². The van der Waals surface area contributed by atoms with Gasteiger partial charge in [-0.2, -0.15) is 0 Å². The van der Waals surface area contributed by atoms with Crippen molar-refractivity contribution in [1.82, 2.24) is 4.57 Å². The van der Waals surface area contributed by atoms with Crippen LogP contribution in [-0.2, 0) is 0 Å². The van der Waals surface area contributed by atoms with E-state index in [1.54, 1.807) is 0 Å². The average Bonchev–Trinajstić information content (AvgIpc) is 3.64. The highest BCUT2D eigenvalue weighted by atomic mass is 15.1. The monoisotopic (exact) mass is 738 g/mol. The number of anilines is 3. The van der Waals surface area contributed by atoms with Crippen molar-refractivity contribution in [3.8, 4) is 39.1 Å². The minimum absolute atomic E-state index is 1.09. The third-order valence-corrected chi connectivity index (χ3v) is 11.6. The first-order chi connectivity index (χ1) is 28.8. The Hall–Kier alpha value is -7.68. The molecule has 11 rings (SSSR count). The van der Waals surface area contributed by atoms with Crippen LogP contribution >= 0.6 is 0 Å². The van der Waals surface area contributed by atoms with Crippen LogP contribution in [0.15, 0.2) is 231 Å². The van der Waals surface area contributed by atoms with E-state index in [1.807, 2.05) is 0 Å². The highest BCUT2D eigenvalue weighted by Crippen LogP contribution is 2.42. The Morgan fingerprint density at radius 2 is 0.776 bits per heavy atom. The van der Waals surface area contributed by atoms with Crippen LogP contribution in [0.1, 0.15) is 0 Å². The summed E-state index contributed by atoms with van der Waals surface area (Å²) in [4.78, 5) is 2.38. The molecule has 0 bridgehead atoms. The minimum atomic E-state index is 1.09. The van der Waals surface area contributed by atoms with Gasteiger partial charge in [0.15, 0.2) is 0 Å². The standard InChI is InChI=1S/C56H38N2/c1-2-14-40(15-3-1)50-26-12-18-42-19-13-27-51(56(42)50)43-20-10-21-47(38-43)57(44-32-30-41(31-33-44)49-25-11-17-39-16-4-5-22-48(39)49)45-34-36-46(37-35-45)58-54-28-8-6-23-52(54)53-24-7-9-29-55(53)58/h1-38H. The first-order valence-electron chi connectivity index (χ1n) is 19.9. The Bertz CT molecular complexity index is 3200. The lowest BCUT2D eigenvalue weighted by atomic mass is 9.91. The minimum Gasteiger partial charge on any atom is -0.310 e. The molecule has 0 radical (unpaired) electrons. The van der Waals surface area contributed by atoms with E-state index in [1.165, 1.54) is 76.7 Å². The van der Waals surface area contributed by atoms with Gasteiger partial charge in [-0.15, -0.1) is 0 Å². The fourth-order valence-corrected chi connectivity index (χ4v) is 8.92. The molecular weight excluding hydrogens is 701 g/mol. The van der Waals surface area contributed by atoms with E-state index >= 15 is 0 Å². The molecule has 0 saturated carbocycles. The second kappa shape index (κ2) is 14.1. The second-order valence-electron chi connectivity index (χ2n) is 14.9. The maximum atomic E-state index is 2.38. The number of nitrogens with zero attached hydrogens (tertiary/aromatic N) is 2. The van der Waals surface area contributed by atoms with Crippen molar-refractivity contribution in [2.45, 2.75) is 0 Å². The van der Waals surface area contributed by atoms with Crippen molar-refractivity contribution >= 4 is 60.4 Å². The predicted octanol–water partition coefficient (Wildman–Crippen LogP) is 15.6. The fourth-order valence-electron chi connectivity index (χ4n) is 8.92. The van der Waals surface area contributed by atoms with Gasteiger partial charge in [-0.3, -0.25) is 0 Å². The zero-order valence-electron chi connectivity index (χ0n) is 31.8. The SMILES string of the molecule is c1ccc(-c2cccc3cccc(-c4cccc(N(c5ccc(-c6cccc7ccccc67)cc5)c5ccc(-n6c7ccccc7c7ccccc76)cc5)c4)c23)cc1. The number of benzene rings is 10. The molecule has 10 aromatic carbocycles. The average molecular weight is 739 g/mol. The molecule has 0 fully saturated rings. The van der Waals surface area contributed by atoms with Gasteiger partial charge in [0.1, 0.15) is 0 Å². The van der Waals surface area contributed by atoms with E-state index in [2.05, 4.69) is 240 Å². The van der Waals surface area contributed by atoms with Gasteiger partial charge >= 0.3 is 0 Å². The van der Waals surface area contributed by atoms with Gasteiger partial charge in [0.25, 0.3) is 0 Å². The topological polar surface area (TPSA) is 8.17 Å². The Morgan fingerprint density at radius 3 is 1.47 bits per heavy atom. The largest absolute Gasteiger partial charge is 0.310 e. The van der Waals surface area contributed by atoms with Crippen LogP contribution in [0.5, 0.6) is 0 Å². The summed E-state index contributed by atoms with van der Waals surface area (Å²) in [6.45, 7) is 0. The number of aromatic nitrogens is 1. The molecule has 1 heterocycles. The van der Waals surface area contributed by atoms with Gasteiger partial charge in [-0.05, 0) is 116 Å². The molecule has 2 heteroatoms. The zero-order chi connectivity index (χ0) is 38.4. The first-order valence-corrected chi connectivity index (χ1v) is 19.9. The van der Waals surface area contributed by atoms with Crippen LogP contribution in [-0.4, -0.2) is 4.57 Å². The number of para-hydroxylation sites is 2. The number of rotatable bonds is 7. The lowest BCUT2D eigenvalue weighted by Crippen LogP contribution is -2.10. The van der Waals surface area contributed by atoms with Crippen LogP contribution in [0.25, 0.3) is 82.4 Å². The van der Waals surface area contributed by atoms with Crippen molar-refractivity contribution in [3.05, 3.63) is 231 Å². The van der Waals surface area contributed by atoms with Crippen LogP contribution in [0.3, 0.4) is 0 Å². The molecule has 272 valence electrons. The van der Waals surface area contributed by atoms with Crippen molar-refractivity contribution in [3.63, 3.8) is 0 Å². The highest BCUT2D eigenvalue weighted by molar-refractivity contribution is 6.09. The van der Waals surface area contributed by atoms with Gasteiger partial charge in [0.2, 0.25) is 0 Å². The molecule has 0 N–H and O–H groups in total. The molecule has 1 aromatic heterocycles. The van der Waals surface area contributed by atoms with Crippen LogP contribution in [0, 0.1) is 0 Å². The maximum Gasteiger partial charge on any atom is 0.0541 e. The van der Waals surface area contributed by atoms with Gasteiger partial charge in [-0.1, -0.05) is 170 Å². The number of hydrogen-bond acceptors (Lipinski definition) is 1. The van der Waals surface area contributed by atoms with Gasteiger partial charge in [0, 0.05) is 33.5 Å². The molecule has 0 saturated heterocycles. The van der Waals surface area contributed by atoms with E-state index in [-0.39, 0.29) is 0 Å². The summed E-state index contributed by atoms with van der Waals surface area (Å²) in [6, 6.07) is 83.7. The molecule has 11 aromatic rings. The summed E-state index contributed by atoms with van der Waals surface area (Å²) >= 11 is 0. The molecule has 0 amide bonds. The van der Waals surface area contributed by atoms with Crippen LogP contribution < -0.4 is 4.90 Å². The number of fused-ring (bicyclic) bond motifs is 5. The van der Waals surface area contributed by atoms with E-state index in [0.717, 1.165) is 22.7 Å². The maximum absolute atomic E-state index is 2.38. The predicted molar refractivity (Wildman–Crippen MR) is 247 cm³/mol. The van der Waals surface area contributed by atoms with Crippen LogP contribution in [0.2, 0.25) is 0 Å². The van der Waals surface area contributed by atoms with Crippen molar-refractivity contribution in [1.29, 1.82) is 0 Å². The third-order valence-electron chi connectivity index (χ3n) is 11.6. The Balaban J connectivity index is 1.06. The summed E-state index contributed by atoms with van der Waals surface area (Å²) in [6.07, 6.45) is 0.